The predicted octanol–water partition coefficient (Wildman–Crippen LogP) is 3.31. The zero-order valence-electron chi connectivity index (χ0n) is 12.6. The van der Waals surface area contributed by atoms with Crippen molar-refractivity contribution in [2.45, 2.75) is 20.4 Å². The van der Waals surface area contributed by atoms with Crippen molar-refractivity contribution in [1.82, 2.24) is 5.32 Å². The molecule has 0 bridgehead atoms. The topological polar surface area (TPSA) is 47.6 Å². The Bertz CT molecular complexity index is 649. The largest absolute Gasteiger partial charge is 0.493 e. The highest BCUT2D eigenvalue weighted by Gasteiger charge is 2.11. The normalized spacial score (nSPS) is 10.3. The summed E-state index contributed by atoms with van der Waals surface area (Å²) in [5.41, 5.74) is 2.95. The summed E-state index contributed by atoms with van der Waals surface area (Å²) in [6.07, 6.45) is 0. The second-order valence-corrected chi connectivity index (χ2v) is 5.78. The molecule has 4 nitrogen and oxygen atoms in total. The van der Waals surface area contributed by atoms with Gasteiger partial charge in [-0.05, 0) is 48.6 Å². The van der Waals surface area contributed by atoms with E-state index in [1.165, 1.54) is 10.4 Å². The Morgan fingerprint density at radius 1 is 1.19 bits per heavy atom. The van der Waals surface area contributed by atoms with Gasteiger partial charge < -0.3 is 14.8 Å². The van der Waals surface area contributed by atoms with Gasteiger partial charge in [0.1, 0.15) is 0 Å². The van der Waals surface area contributed by atoms with Gasteiger partial charge in [-0.1, -0.05) is 0 Å². The van der Waals surface area contributed by atoms with Crippen molar-refractivity contribution in [3.63, 3.8) is 0 Å². The van der Waals surface area contributed by atoms with E-state index in [0.29, 0.717) is 23.6 Å². The number of amides is 1. The first-order chi connectivity index (χ1) is 10.1. The first-order valence-corrected chi connectivity index (χ1v) is 7.48. The highest BCUT2D eigenvalue weighted by atomic mass is 32.1. The van der Waals surface area contributed by atoms with Crippen LogP contribution in [-0.4, -0.2) is 20.1 Å². The Morgan fingerprint density at radius 2 is 1.90 bits per heavy atom. The van der Waals surface area contributed by atoms with Crippen molar-refractivity contribution in [2.75, 3.05) is 14.2 Å². The van der Waals surface area contributed by atoms with Crippen molar-refractivity contribution < 1.29 is 14.3 Å². The minimum absolute atomic E-state index is 0.126. The Morgan fingerprint density at radius 3 is 2.48 bits per heavy atom. The SMILES string of the molecule is COc1ccc(C(=O)NCc2csc(C)c2C)cc1OC. The van der Waals surface area contributed by atoms with Gasteiger partial charge >= 0.3 is 0 Å². The van der Waals surface area contributed by atoms with Crippen LogP contribution in [0.3, 0.4) is 0 Å². The quantitative estimate of drug-likeness (QED) is 0.922. The fourth-order valence-electron chi connectivity index (χ4n) is 1.99. The van der Waals surface area contributed by atoms with E-state index < -0.39 is 0 Å². The summed E-state index contributed by atoms with van der Waals surface area (Å²) in [6.45, 7) is 4.69. The van der Waals surface area contributed by atoms with Gasteiger partial charge in [0.25, 0.3) is 5.91 Å². The molecule has 1 aromatic carbocycles. The molecule has 0 saturated heterocycles. The average Bonchev–Trinajstić information content (AvgIpc) is 2.83. The molecule has 1 N–H and O–H groups in total. The number of hydrogen-bond donors (Lipinski definition) is 1. The Labute approximate surface area is 128 Å². The molecular weight excluding hydrogens is 286 g/mol. The number of carbonyl (C=O) groups is 1. The molecule has 0 aliphatic carbocycles. The highest BCUT2D eigenvalue weighted by molar-refractivity contribution is 7.10. The van der Waals surface area contributed by atoms with Gasteiger partial charge in [-0.2, -0.15) is 0 Å². The zero-order chi connectivity index (χ0) is 15.4. The van der Waals surface area contributed by atoms with Crippen molar-refractivity contribution in [3.8, 4) is 11.5 Å². The molecule has 21 heavy (non-hydrogen) atoms. The predicted molar refractivity (Wildman–Crippen MR) is 84.5 cm³/mol. The number of nitrogens with one attached hydrogen (secondary N) is 1. The number of methoxy groups -OCH3 is 2. The van der Waals surface area contributed by atoms with Gasteiger partial charge in [-0.25, -0.2) is 0 Å². The lowest BCUT2D eigenvalue weighted by Crippen LogP contribution is -2.22. The van der Waals surface area contributed by atoms with E-state index in [1.54, 1.807) is 43.8 Å². The van der Waals surface area contributed by atoms with Crippen molar-refractivity contribution in [3.05, 3.63) is 45.1 Å². The van der Waals surface area contributed by atoms with Crippen LogP contribution in [-0.2, 0) is 6.54 Å². The maximum atomic E-state index is 12.2. The van der Waals surface area contributed by atoms with E-state index in [4.69, 9.17) is 9.47 Å². The number of carbonyl (C=O) groups excluding carboxylic acids is 1. The molecule has 0 fully saturated rings. The van der Waals surface area contributed by atoms with Crippen LogP contribution in [0.1, 0.15) is 26.4 Å². The molecule has 1 amide bonds. The van der Waals surface area contributed by atoms with E-state index in [1.807, 2.05) is 0 Å². The monoisotopic (exact) mass is 305 g/mol. The summed E-state index contributed by atoms with van der Waals surface area (Å²) in [7, 11) is 3.12. The Hall–Kier alpha value is -2.01. The maximum Gasteiger partial charge on any atom is 0.251 e. The molecule has 1 aromatic heterocycles. The summed E-state index contributed by atoms with van der Waals surface area (Å²) in [6, 6.07) is 5.13. The summed E-state index contributed by atoms with van der Waals surface area (Å²) in [4.78, 5) is 13.5. The van der Waals surface area contributed by atoms with E-state index in [9.17, 15) is 4.79 Å². The lowest BCUT2D eigenvalue weighted by Gasteiger charge is -2.10. The first-order valence-electron chi connectivity index (χ1n) is 6.60. The second kappa shape index (κ2) is 6.63. The maximum absolute atomic E-state index is 12.2. The Kier molecular flexibility index (Phi) is 4.85. The molecule has 0 saturated carbocycles. The van der Waals surface area contributed by atoms with Gasteiger partial charge in [-0.3, -0.25) is 4.79 Å². The molecule has 1 heterocycles. The number of rotatable bonds is 5. The smallest absolute Gasteiger partial charge is 0.251 e. The number of ether oxygens (including phenoxy) is 2. The van der Waals surface area contributed by atoms with Crippen LogP contribution in [0.2, 0.25) is 0 Å². The summed E-state index contributed by atoms with van der Waals surface area (Å²) < 4.78 is 10.4. The summed E-state index contributed by atoms with van der Waals surface area (Å²) >= 11 is 1.70. The third-order valence-corrected chi connectivity index (χ3v) is 4.53. The third-order valence-electron chi connectivity index (χ3n) is 3.47. The second-order valence-electron chi connectivity index (χ2n) is 4.69. The van der Waals surface area contributed by atoms with Gasteiger partial charge in [0, 0.05) is 17.0 Å². The molecule has 2 aromatic rings. The molecule has 0 aliphatic rings. The number of thiophene rings is 1. The molecule has 0 atom stereocenters. The van der Waals surface area contributed by atoms with Crippen molar-refractivity contribution in [2.24, 2.45) is 0 Å². The fraction of sp³-hybridized carbons (Fsp3) is 0.312. The molecule has 2 rings (SSSR count). The minimum Gasteiger partial charge on any atom is -0.493 e. The number of hydrogen-bond acceptors (Lipinski definition) is 4. The summed E-state index contributed by atoms with van der Waals surface area (Å²) in [5.74, 6) is 1.03. The van der Waals surface area contributed by atoms with E-state index in [2.05, 4.69) is 24.5 Å². The van der Waals surface area contributed by atoms with Crippen molar-refractivity contribution in [1.29, 1.82) is 0 Å². The third kappa shape index (κ3) is 3.36. The molecule has 0 radical (unpaired) electrons. The minimum atomic E-state index is -0.126. The fourth-order valence-corrected chi connectivity index (χ4v) is 2.88. The van der Waals surface area contributed by atoms with E-state index in [-0.39, 0.29) is 5.91 Å². The van der Waals surface area contributed by atoms with Crippen LogP contribution < -0.4 is 14.8 Å². The van der Waals surface area contributed by atoms with Gasteiger partial charge in [0.15, 0.2) is 11.5 Å². The average molecular weight is 305 g/mol. The number of aryl methyl sites for hydroxylation is 1. The summed E-state index contributed by atoms with van der Waals surface area (Å²) in [5, 5.41) is 5.01. The lowest BCUT2D eigenvalue weighted by molar-refractivity contribution is 0.0950. The zero-order valence-corrected chi connectivity index (χ0v) is 13.5. The van der Waals surface area contributed by atoms with Crippen LogP contribution in [0, 0.1) is 13.8 Å². The number of benzene rings is 1. The standard InChI is InChI=1S/C16H19NO3S/c1-10-11(2)21-9-13(10)8-17-16(18)12-5-6-14(19-3)15(7-12)20-4/h5-7,9H,8H2,1-4H3,(H,17,18). The van der Waals surface area contributed by atoms with Crippen LogP contribution in [0.25, 0.3) is 0 Å². The Balaban J connectivity index is 2.08. The van der Waals surface area contributed by atoms with Crippen LogP contribution in [0.4, 0.5) is 0 Å². The van der Waals surface area contributed by atoms with Gasteiger partial charge in [0.05, 0.1) is 14.2 Å². The van der Waals surface area contributed by atoms with E-state index in [0.717, 1.165) is 5.56 Å². The van der Waals surface area contributed by atoms with Crippen LogP contribution in [0.15, 0.2) is 23.6 Å². The molecule has 0 unspecified atom stereocenters. The van der Waals surface area contributed by atoms with Crippen LogP contribution >= 0.6 is 11.3 Å². The van der Waals surface area contributed by atoms with Gasteiger partial charge in [0.2, 0.25) is 0 Å². The molecule has 112 valence electrons. The first kappa shape index (κ1) is 15.4. The van der Waals surface area contributed by atoms with Gasteiger partial charge in [-0.15, -0.1) is 11.3 Å². The highest BCUT2D eigenvalue weighted by Crippen LogP contribution is 2.27. The molecular formula is C16H19NO3S. The van der Waals surface area contributed by atoms with Crippen LogP contribution in [0.5, 0.6) is 11.5 Å². The van der Waals surface area contributed by atoms with Crippen molar-refractivity contribution >= 4 is 17.2 Å². The molecule has 0 aliphatic heterocycles. The molecule has 5 heteroatoms. The lowest BCUT2D eigenvalue weighted by atomic mass is 10.1. The molecule has 0 spiro atoms. The van der Waals surface area contributed by atoms with E-state index >= 15 is 0 Å².